The highest BCUT2D eigenvalue weighted by Crippen LogP contribution is 2.32. The van der Waals surface area contributed by atoms with Crippen LogP contribution in [0.2, 0.25) is 0 Å². The number of piperazine rings is 1. The van der Waals surface area contributed by atoms with Crippen molar-refractivity contribution in [3.8, 4) is 0 Å². The molecule has 6 heteroatoms. The zero-order valence-corrected chi connectivity index (χ0v) is 20.1. The summed E-state index contributed by atoms with van der Waals surface area (Å²) >= 11 is 0. The monoisotopic (exact) mass is 448 g/mol. The van der Waals surface area contributed by atoms with E-state index >= 15 is 0 Å². The van der Waals surface area contributed by atoms with Crippen molar-refractivity contribution in [1.82, 2.24) is 10.2 Å². The van der Waals surface area contributed by atoms with Crippen molar-refractivity contribution in [1.29, 1.82) is 0 Å². The number of carbonyl (C=O) groups excluding carboxylic acids is 2. The van der Waals surface area contributed by atoms with Gasteiger partial charge in [0.05, 0.1) is 0 Å². The summed E-state index contributed by atoms with van der Waals surface area (Å²) in [5.74, 6) is -0.0467. The SMILES string of the molecule is CCC(=O)N1c2ccccc2C[C@H]1C(=O)NCCCN1CCN(c2cc(C)ccc2C)CC1. The van der Waals surface area contributed by atoms with Gasteiger partial charge in [-0.25, -0.2) is 0 Å². The third-order valence-corrected chi connectivity index (χ3v) is 6.88. The fourth-order valence-corrected chi connectivity index (χ4v) is 4.98. The maximum absolute atomic E-state index is 12.9. The predicted molar refractivity (Wildman–Crippen MR) is 134 cm³/mol. The van der Waals surface area contributed by atoms with Gasteiger partial charge in [-0.3, -0.25) is 19.4 Å². The predicted octanol–water partition coefficient (Wildman–Crippen LogP) is 3.30. The Labute approximate surface area is 197 Å². The molecule has 2 amide bonds. The Morgan fingerprint density at radius 3 is 2.52 bits per heavy atom. The van der Waals surface area contributed by atoms with Gasteiger partial charge in [0, 0.05) is 56.9 Å². The summed E-state index contributed by atoms with van der Waals surface area (Å²) in [4.78, 5) is 32.1. The van der Waals surface area contributed by atoms with Gasteiger partial charge in [0.1, 0.15) is 6.04 Å². The molecule has 0 aromatic heterocycles. The van der Waals surface area contributed by atoms with Gasteiger partial charge >= 0.3 is 0 Å². The van der Waals surface area contributed by atoms with E-state index in [1.165, 1.54) is 16.8 Å². The molecule has 0 aliphatic carbocycles. The first-order valence-electron chi connectivity index (χ1n) is 12.2. The van der Waals surface area contributed by atoms with E-state index in [1.54, 1.807) is 4.90 Å². The van der Waals surface area contributed by atoms with Crippen LogP contribution in [0.25, 0.3) is 0 Å². The number of nitrogens with one attached hydrogen (secondary N) is 1. The number of para-hydroxylation sites is 1. The van der Waals surface area contributed by atoms with E-state index in [4.69, 9.17) is 0 Å². The zero-order chi connectivity index (χ0) is 23.4. The minimum atomic E-state index is -0.434. The number of hydrogen-bond donors (Lipinski definition) is 1. The second kappa shape index (κ2) is 10.4. The summed E-state index contributed by atoms with van der Waals surface area (Å²) in [5, 5.41) is 3.09. The third-order valence-electron chi connectivity index (χ3n) is 6.88. The van der Waals surface area contributed by atoms with E-state index in [1.807, 2.05) is 31.2 Å². The van der Waals surface area contributed by atoms with Crippen LogP contribution in [0.1, 0.15) is 36.5 Å². The molecular weight excluding hydrogens is 412 g/mol. The third kappa shape index (κ3) is 5.22. The number of amides is 2. The molecule has 1 fully saturated rings. The smallest absolute Gasteiger partial charge is 0.243 e. The maximum atomic E-state index is 12.9. The molecule has 33 heavy (non-hydrogen) atoms. The van der Waals surface area contributed by atoms with Gasteiger partial charge in [-0.05, 0) is 55.6 Å². The molecule has 2 aliphatic heterocycles. The molecule has 0 spiro atoms. The molecule has 1 atom stereocenters. The van der Waals surface area contributed by atoms with Crippen molar-refractivity contribution in [3.63, 3.8) is 0 Å². The number of aryl methyl sites for hydroxylation is 2. The van der Waals surface area contributed by atoms with E-state index in [0.717, 1.165) is 50.4 Å². The standard InChI is InChI=1S/C27H36N4O2/c1-4-26(32)31-23-9-6-5-8-22(23)19-25(31)27(33)28-12-7-13-29-14-16-30(17-15-29)24-18-20(2)10-11-21(24)3/h5-6,8-11,18,25H,4,7,12-17,19H2,1-3H3,(H,28,33)/t25-/m0/s1. The molecule has 4 rings (SSSR count). The van der Waals surface area contributed by atoms with Gasteiger partial charge in [-0.15, -0.1) is 0 Å². The van der Waals surface area contributed by atoms with E-state index in [9.17, 15) is 9.59 Å². The van der Waals surface area contributed by atoms with Crippen LogP contribution in [0.5, 0.6) is 0 Å². The summed E-state index contributed by atoms with van der Waals surface area (Å²) in [5.41, 5.74) is 5.94. The topological polar surface area (TPSA) is 55.9 Å². The fraction of sp³-hybridized carbons (Fsp3) is 0.481. The first-order chi connectivity index (χ1) is 16.0. The highest BCUT2D eigenvalue weighted by atomic mass is 16.2. The molecule has 0 radical (unpaired) electrons. The van der Waals surface area contributed by atoms with Crippen molar-refractivity contribution < 1.29 is 9.59 Å². The Morgan fingerprint density at radius 1 is 1.00 bits per heavy atom. The zero-order valence-electron chi connectivity index (χ0n) is 20.1. The summed E-state index contributed by atoms with van der Waals surface area (Å²) in [6.45, 7) is 11.9. The van der Waals surface area contributed by atoms with Crippen LogP contribution in [0.15, 0.2) is 42.5 Å². The molecule has 2 aromatic rings. The fourth-order valence-electron chi connectivity index (χ4n) is 4.98. The van der Waals surface area contributed by atoms with Crippen LogP contribution in [-0.4, -0.2) is 62.0 Å². The molecule has 1 N–H and O–H groups in total. The van der Waals surface area contributed by atoms with Crippen molar-refractivity contribution in [3.05, 3.63) is 59.2 Å². The molecule has 0 bridgehead atoms. The maximum Gasteiger partial charge on any atom is 0.243 e. The quantitative estimate of drug-likeness (QED) is 0.661. The second-order valence-electron chi connectivity index (χ2n) is 9.23. The summed E-state index contributed by atoms with van der Waals surface area (Å²) < 4.78 is 0. The van der Waals surface area contributed by atoms with Crippen LogP contribution in [0.4, 0.5) is 11.4 Å². The molecule has 2 aliphatic rings. The van der Waals surface area contributed by atoms with Crippen LogP contribution in [0.3, 0.4) is 0 Å². The lowest BCUT2D eigenvalue weighted by atomic mass is 10.1. The van der Waals surface area contributed by atoms with Gasteiger partial charge in [0.2, 0.25) is 11.8 Å². The molecule has 176 valence electrons. The van der Waals surface area contributed by atoms with E-state index in [0.29, 0.717) is 19.4 Å². The van der Waals surface area contributed by atoms with Gasteiger partial charge < -0.3 is 10.2 Å². The van der Waals surface area contributed by atoms with Crippen LogP contribution >= 0.6 is 0 Å². The Kier molecular flexibility index (Phi) is 7.33. The van der Waals surface area contributed by atoms with E-state index < -0.39 is 6.04 Å². The van der Waals surface area contributed by atoms with Crippen molar-refractivity contribution in [2.24, 2.45) is 0 Å². The first-order valence-corrected chi connectivity index (χ1v) is 12.2. The van der Waals surface area contributed by atoms with Crippen molar-refractivity contribution >= 4 is 23.2 Å². The van der Waals surface area contributed by atoms with Crippen LogP contribution < -0.4 is 15.1 Å². The van der Waals surface area contributed by atoms with Crippen molar-refractivity contribution in [2.45, 2.75) is 46.1 Å². The Bertz CT molecular complexity index is 997. The molecule has 2 aromatic carbocycles. The lowest BCUT2D eigenvalue weighted by Crippen LogP contribution is -2.49. The first kappa shape index (κ1) is 23.3. The minimum Gasteiger partial charge on any atom is -0.369 e. The average Bonchev–Trinajstić information content (AvgIpc) is 3.23. The highest BCUT2D eigenvalue weighted by Gasteiger charge is 2.37. The molecule has 2 heterocycles. The van der Waals surface area contributed by atoms with E-state index in [-0.39, 0.29) is 11.8 Å². The summed E-state index contributed by atoms with van der Waals surface area (Å²) in [6.07, 6.45) is 1.90. The number of carbonyl (C=O) groups is 2. The lowest BCUT2D eigenvalue weighted by Gasteiger charge is -2.37. The van der Waals surface area contributed by atoms with Crippen molar-refractivity contribution in [2.75, 3.05) is 49.1 Å². The van der Waals surface area contributed by atoms with Gasteiger partial charge in [0.15, 0.2) is 0 Å². The summed E-state index contributed by atoms with van der Waals surface area (Å²) in [7, 11) is 0. The number of benzene rings is 2. The normalized spacial score (nSPS) is 18.3. The van der Waals surface area contributed by atoms with Gasteiger partial charge in [-0.1, -0.05) is 37.3 Å². The number of hydrogen-bond acceptors (Lipinski definition) is 4. The Balaban J connectivity index is 1.22. The molecular formula is C27H36N4O2. The van der Waals surface area contributed by atoms with Crippen LogP contribution in [-0.2, 0) is 16.0 Å². The van der Waals surface area contributed by atoms with Gasteiger partial charge in [0.25, 0.3) is 0 Å². The Morgan fingerprint density at radius 2 is 1.76 bits per heavy atom. The number of rotatable bonds is 7. The molecule has 1 saturated heterocycles. The largest absolute Gasteiger partial charge is 0.369 e. The van der Waals surface area contributed by atoms with Gasteiger partial charge in [-0.2, -0.15) is 0 Å². The molecule has 0 unspecified atom stereocenters. The summed E-state index contributed by atoms with van der Waals surface area (Å²) in [6, 6.07) is 14.1. The number of anilines is 2. The molecule has 6 nitrogen and oxygen atoms in total. The highest BCUT2D eigenvalue weighted by molar-refractivity contribution is 6.03. The lowest BCUT2D eigenvalue weighted by molar-refractivity contribution is -0.126. The second-order valence-corrected chi connectivity index (χ2v) is 9.23. The minimum absolute atomic E-state index is 0.00168. The Hall–Kier alpha value is -2.86. The number of nitrogens with zero attached hydrogens (tertiary/aromatic N) is 3. The average molecular weight is 449 g/mol. The van der Waals surface area contributed by atoms with E-state index in [2.05, 4.69) is 47.2 Å². The van der Waals surface area contributed by atoms with Crippen LogP contribution in [0, 0.1) is 13.8 Å². The molecule has 0 saturated carbocycles. The number of fused-ring (bicyclic) bond motifs is 1.